The fraction of sp³-hybridized carbons (Fsp3) is 0.614. The van der Waals surface area contributed by atoms with Crippen LogP contribution in [0.15, 0.2) is 104 Å². The zero-order valence-corrected chi connectivity index (χ0v) is 42.3. The van der Waals surface area contributed by atoms with Crippen LogP contribution in [0.4, 0.5) is 8.78 Å². The van der Waals surface area contributed by atoms with Crippen LogP contribution in [0.1, 0.15) is 109 Å². The maximum absolute atomic E-state index is 13.9. The summed E-state index contributed by atoms with van der Waals surface area (Å²) >= 11 is 0. The van der Waals surface area contributed by atoms with Crippen molar-refractivity contribution in [2.45, 2.75) is 127 Å². The van der Waals surface area contributed by atoms with Gasteiger partial charge in [-0.3, -0.25) is 0 Å². The van der Waals surface area contributed by atoms with Crippen LogP contribution in [0.2, 0.25) is 0 Å². The second-order valence-corrected chi connectivity index (χ2v) is 19.5. The number of methoxy groups -OCH3 is 3. The van der Waals surface area contributed by atoms with E-state index >= 15 is 0 Å². The number of carbonyl (C=O) groups is 1. The first-order chi connectivity index (χ1) is 32.8. The normalized spacial score (nSPS) is 27.6. The Hall–Kier alpha value is -3.84. The first-order valence-electron chi connectivity index (χ1n) is 24.8. The molecule has 3 aliphatic carbocycles. The van der Waals surface area contributed by atoms with Crippen molar-refractivity contribution in [3.8, 4) is 0 Å². The largest absolute Gasteiger partial charge is 0.396 e. The van der Waals surface area contributed by atoms with Crippen molar-refractivity contribution in [2.75, 3.05) is 61.0 Å². The Morgan fingerprint density at radius 1 is 0.676 bits per heavy atom. The Labute approximate surface area is 408 Å². The molecule has 4 unspecified atom stereocenters. The predicted molar refractivity (Wildman–Crippen MR) is 271 cm³/mol. The SMILES string of the molecule is C=CCC(CC=C)OC.C=CCC(CC=O)OC.C=CCC(CCO)OC.CC1CC2=NOCC2C1.C[C@@H]1C[C@H]2COC[C@@]2(c2ccccc2F)C1.C[C@H]1C[C@H]2COC[C@@]2(c2ccccc2F)C1. The van der Waals surface area contributed by atoms with Crippen molar-refractivity contribution >= 4 is 12.0 Å². The summed E-state index contributed by atoms with van der Waals surface area (Å²) in [5, 5.41) is 12.4. The van der Waals surface area contributed by atoms with E-state index in [4.69, 9.17) is 33.6 Å². The van der Waals surface area contributed by atoms with Crippen LogP contribution < -0.4 is 0 Å². The molecule has 68 heavy (non-hydrogen) atoms. The van der Waals surface area contributed by atoms with Crippen molar-refractivity contribution in [3.05, 3.63) is 122 Å². The van der Waals surface area contributed by atoms with Crippen LogP contribution in [0.25, 0.3) is 0 Å². The number of fused-ring (bicyclic) bond motifs is 3. The van der Waals surface area contributed by atoms with E-state index in [1.54, 1.807) is 57.7 Å². The maximum atomic E-state index is 13.9. The highest BCUT2D eigenvalue weighted by molar-refractivity contribution is 5.89. The number of aliphatic hydroxyl groups excluding tert-OH is 1. The van der Waals surface area contributed by atoms with Gasteiger partial charge in [0, 0.05) is 51.1 Å². The molecule has 0 amide bonds. The van der Waals surface area contributed by atoms with Gasteiger partial charge >= 0.3 is 0 Å². The number of carbonyl (C=O) groups excluding carboxylic acids is 1. The second-order valence-electron chi connectivity index (χ2n) is 19.5. The lowest BCUT2D eigenvalue weighted by Gasteiger charge is -2.28. The van der Waals surface area contributed by atoms with E-state index in [0.29, 0.717) is 55.6 Å². The van der Waals surface area contributed by atoms with E-state index in [2.05, 4.69) is 52.2 Å². The predicted octanol–water partition coefficient (Wildman–Crippen LogP) is 12.0. The van der Waals surface area contributed by atoms with E-state index in [-0.39, 0.29) is 47.4 Å². The van der Waals surface area contributed by atoms with Gasteiger partial charge in [0.25, 0.3) is 0 Å². The van der Waals surface area contributed by atoms with E-state index in [0.717, 1.165) is 81.7 Å². The number of rotatable bonds is 17. The molecule has 0 radical (unpaired) electrons. The Kier molecular flexibility index (Phi) is 27.0. The lowest BCUT2D eigenvalue weighted by Crippen LogP contribution is -2.30. The number of nitrogens with zero attached hydrogens (tertiary/aromatic N) is 1. The van der Waals surface area contributed by atoms with Crippen molar-refractivity contribution in [1.82, 2.24) is 0 Å². The molecule has 9 nitrogen and oxygen atoms in total. The summed E-state index contributed by atoms with van der Waals surface area (Å²) in [4.78, 5) is 14.9. The molecule has 0 aromatic heterocycles. The highest BCUT2D eigenvalue weighted by Crippen LogP contribution is 2.53. The molecular formula is C57H85F2NO8. The molecule has 380 valence electrons. The fourth-order valence-electron chi connectivity index (χ4n) is 10.9. The average Bonchev–Trinajstić information content (AvgIpc) is 4.19. The van der Waals surface area contributed by atoms with Crippen LogP contribution in [0.5, 0.6) is 0 Å². The number of hydrogen-bond acceptors (Lipinski definition) is 9. The topological polar surface area (TPSA) is 105 Å². The monoisotopic (exact) mass is 950 g/mol. The third-order valence-electron chi connectivity index (χ3n) is 14.2. The van der Waals surface area contributed by atoms with Gasteiger partial charge in [-0.25, -0.2) is 8.78 Å². The average molecular weight is 950 g/mol. The smallest absolute Gasteiger partial charge is 0.127 e. The summed E-state index contributed by atoms with van der Waals surface area (Å²) < 4.78 is 54.1. The minimum Gasteiger partial charge on any atom is -0.396 e. The van der Waals surface area contributed by atoms with E-state index in [9.17, 15) is 13.6 Å². The molecule has 8 rings (SSSR count). The molecule has 11 heteroatoms. The first kappa shape index (κ1) is 58.5. The van der Waals surface area contributed by atoms with Gasteiger partial charge < -0.3 is 38.4 Å². The van der Waals surface area contributed by atoms with Crippen LogP contribution in [-0.2, 0) is 44.1 Å². The van der Waals surface area contributed by atoms with Crippen molar-refractivity contribution < 1.29 is 47.2 Å². The lowest BCUT2D eigenvalue weighted by atomic mass is 9.74. The van der Waals surface area contributed by atoms with Crippen molar-refractivity contribution in [3.63, 3.8) is 0 Å². The van der Waals surface area contributed by atoms with Crippen molar-refractivity contribution in [2.24, 2.45) is 40.7 Å². The summed E-state index contributed by atoms with van der Waals surface area (Å²) in [7, 11) is 4.94. The molecule has 0 bridgehead atoms. The number of ether oxygens (including phenoxy) is 5. The van der Waals surface area contributed by atoms with Gasteiger partial charge in [0.05, 0.1) is 50.5 Å². The Balaban J connectivity index is 0.000000222. The highest BCUT2D eigenvalue weighted by Gasteiger charge is 2.53. The van der Waals surface area contributed by atoms with E-state index in [1.807, 2.05) is 36.4 Å². The minimum atomic E-state index is -0.0629. The number of hydrogen-bond donors (Lipinski definition) is 1. The summed E-state index contributed by atoms with van der Waals surface area (Å²) in [6.07, 6.45) is 20.0. The van der Waals surface area contributed by atoms with Crippen LogP contribution in [-0.4, -0.2) is 96.4 Å². The fourth-order valence-corrected chi connectivity index (χ4v) is 10.9. The van der Waals surface area contributed by atoms with E-state index < -0.39 is 0 Å². The van der Waals surface area contributed by atoms with Crippen LogP contribution in [0, 0.1) is 47.1 Å². The zero-order valence-electron chi connectivity index (χ0n) is 42.3. The van der Waals surface area contributed by atoms with E-state index in [1.165, 1.54) is 31.4 Å². The molecule has 1 N–H and O–H groups in total. The first-order valence-corrected chi connectivity index (χ1v) is 24.8. The quantitative estimate of drug-likeness (QED) is 0.123. The molecule has 3 heterocycles. The van der Waals surface area contributed by atoms with Gasteiger partial charge in [0.1, 0.15) is 24.5 Å². The summed E-state index contributed by atoms with van der Waals surface area (Å²) in [5.74, 6) is 3.80. The molecule has 6 aliphatic rings. The standard InChI is InChI=1S/2C14H17FO.C8H14O.C7H11NO.C7H14O2.C7H12O2/c2*1-10-6-11-8-16-9-14(11,7-10)12-4-2-3-5-13(12)15;1-4-6-8(9-3)7-5-2;1-5-2-6-4-9-8-7(6)3-5;2*1-3-4-7(9-2)5-6-8/h2*2-5,10-11H,6-9H2,1H3;4-5,8H,1-2,6-7H2,3H3;5-6H,2-4H2,1H3;3,7-8H,1,4-6H2,2H3;3,6-7H,1,4-5H2,2H3/t10-,11+,14+;10-,11-,14-;;;;/m10..../s1. The number of aliphatic hydroxyl groups is 1. The molecule has 10 atom stereocenters. The van der Waals surface area contributed by atoms with Crippen LogP contribution >= 0.6 is 0 Å². The molecule has 2 aromatic rings. The van der Waals surface area contributed by atoms with Gasteiger partial charge in [-0.2, -0.15) is 0 Å². The minimum absolute atomic E-state index is 0.0278. The second kappa shape index (κ2) is 31.4. The molecule has 2 saturated heterocycles. The molecule has 3 saturated carbocycles. The van der Waals surface area contributed by atoms with Gasteiger partial charge in [-0.1, -0.05) is 86.6 Å². The number of oxime groups is 1. The number of aldehydes is 1. The number of halogens is 2. The molecular weight excluding hydrogens is 865 g/mol. The Bertz CT molecular complexity index is 1700. The molecule has 3 aliphatic heterocycles. The Morgan fingerprint density at radius 2 is 1.12 bits per heavy atom. The van der Waals surface area contributed by atoms with Gasteiger partial charge in [-0.05, 0) is 123 Å². The lowest BCUT2D eigenvalue weighted by molar-refractivity contribution is -0.109. The zero-order chi connectivity index (χ0) is 50.0. The van der Waals surface area contributed by atoms with Gasteiger partial charge in [0.15, 0.2) is 0 Å². The number of benzene rings is 2. The summed E-state index contributed by atoms with van der Waals surface area (Å²) in [5.41, 5.74) is 2.99. The Morgan fingerprint density at radius 3 is 1.51 bits per heavy atom. The third kappa shape index (κ3) is 17.2. The van der Waals surface area contributed by atoms with Gasteiger partial charge in [-0.15, -0.1) is 26.3 Å². The summed E-state index contributed by atoms with van der Waals surface area (Å²) in [6, 6.07) is 14.4. The molecule has 0 spiro atoms. The molecule has 2 aromatic carbocycles. The molecule has 5 fully saturated rings. The third-order valence-corrected chi connectivity index (χ3v) is 14.2. The highest BCUT2D eigenvalue weighted by atomic mass is 19.1. The van der Waals surface area contributed by atoms with Crippen LogP contribution in [0.3, 0.4) is 0 Å². The van der Waals surface area contributed by atoms with Crippen molar-refractivity contribution in [1.29, 1.82) is 0 Å². The summed E-state index contributed by atoms with van der Waals surface area (Å²) in [6.45, 7) is 25.2. The maximum Gasteiger partial charge on any atom is 0.127 e. The van der Waals surface area contributed by atoms with Gasteiger partial charge in [0.2, 0.25) is 0 Å².